The predicted octanol–water partition coefficient (Wildman–Crippen LogP) is 1.17. The Morgan fingerprint density at radius 3 is 2.75 bits per heavy atom. The molecule has 2 heterocycles. The van der Waals surface area contributed by atoms with Gasteiger partial charge in [-0.05, 0) is 12.5 Å². The summed E-state index contributed by atoms with van der Waals surface area (Å²) < 4.78 is 0. The third kappa shape index (κ3) is 2.79. The summed E-state index contributed by atoms with van der Waals surface area (Å²) in [6.07, 6.45) is 6.73. The summed E-state index contributed by atoms with van der Waals surface area (Å²) in [4.78, 5) is 13.2. The number of hydrogen-bond donors (Lipinski definition) is 0. The van der Waals surface area contributed by atoms with Crippen LogP contribution in [-0.2, 0) is 0 Å². The fourth-order valence-electron chi connectivity index (χ4n) is 1.99. The number of anilines is 1. The Bertz CT molecular complexity index is 325. The van der Waals surface area contributed by atoms with E-state index >= 15 is 0 Å². The van der Waals surface area contributed by atoms with Gasteiger partial charge in [0.15, 0.2) is 0 Å². The van der Waals surface area contributed by atoms with Crippen LogP contribution in [-0.4, -0.2) is 47.6 Å². The first kappa shape index (κ1) is 11.1. The first-order valence-electron chi connectivity index (χ1n) is 5.75. The molecule has 0 unspecified atom stereocenters. The standard InChI is InChI=1S/C12H18N4/c1-2-7-15-8-4-9-16(11-10-15)12-13-5-3-6-14-12/h2-3,5-6H,1,4,7-11H2. The molecule has 0 N–H and O–H groups in total. The molecule has 4 nitrogen and oxygen atoms in total. The van der Waals surface area contributed by atoms with Crippen molar-refractivity contribution < 1.29 is 0 Å². The zero-order chi connectivity index (χ0) is 11.2. The highest BCUT2D eigenvalue weighted by molar-refractivity contribution is 5.28. The van der Waals surface area contributed by atoms with E-state index in [1.807, 2.05) is 12.1 Å². The first-order valence-corrected chi connectivity index (χ1v) is 5.75. The summed E-state index contributed by atoms with van der Waals surface area (Å²) in [7, 11) is 0. The first-order chi connectivity index (χ1) is 7.90. The topological polar surface area (TPSA) is 32.3 Å². The molecule has 0 atom stereocenters. The average Bonchev–Trinajstić information content (AvgIpc) is 2.57. The van der Waals surface area contributed by atoms with Gasteiger partial charge in [0.2, 0.25) is 5.95 Å². The SMILES string of the molecule is C=CCN1CCCN(c2ncccn2)CC1. The lowest BCUT2D eigenvalue weighted by Crippen LogP contribution is -2.31. The third-order valence-electron chi connectivity index (χ3n) is 2.81. The van der Waals surface area contributed by atoms with E-state index in [9.17, 15) is 0 Å². The van der Waals surface area contributed by atoms with Gasteiger partial charge in [-0.1, -0.05) is 6.08 Å². The van der Waals surface area contributed by atoms with Crippen molar-refractivity contribution in [1.29, 1.82) is 0 Å². The van der Waals surface area contributed by atoms with Crippen LogP contribution >= 0.6 is 0 Å². The number of hydrogen-bond acceptors (Lipinski definition) is 4. The predicted molar refractivity (Wildman–Crippen MR) is 65.5 cm³/mol. The van der Waals surface area contributed by atoms with Crippen molar-refractivity contribution in [3.05, 3.63) is 31.1 Å². The average molecular weight is 218 g/mol. The van der Waals surface area contributed by atoms with E-state index in [4.69, 9.17) is 0 Å². The van der Waals surface area contributed by atoms with Gasteiger partial charge in [0.1, 0.15) is 0 Å². The van der Waals surface area contributed by atoms with Gasteiger partial charge in [0.05, 0.1) is 0 Å². The van der Waals surface area contributed by atoms with E-state index in [1.54, 1.807) is 12.4 Å². The van der Waals surface area contributed by atoms with Crippen molar-refractivity contribution in [3.8, 4) is 0 Å². The second kappa shape index (κ2) is 5.61. The smallest absolute Gasteiger partial charge is 0.225 e. The summed E-state index contributed by atoms with van der Waals surface area (Å²) in [6, 6.07) is 1.85. The Hall–Kier alpha value is -1.42. The molecular formula is C12H18N4. The van der Waals surface area contributed by atoms with Crippen molar-refractivity contribution in [1.82, 2.24) is 14.9 Å². The Kier molecular flexibility index (Phi) is 3.88. The lowest BCUT2D eigenvalue weighted by molar-refractivity contribution is 0.325. The highest BCUT2D eigenvalue weighted by atomic mass is 15.3. The number of nitrogens with zero attached hydrogens (tertiary/aromatic N) is 4. The van der Waals surface area contributed by atoms with E-state index < -0.39 is 0 Å². The lowest BCUT2D eigenvalue weighted by Gasteiger charge is -2.20. The Morgan fingerprint density at radius 1 is 1.19 bits per heavy atom. The molecule has 1 aliphatic rings. The fraction of sp³-hybridized carbons (Fsp3) is 0.500. The van der Waals surface area contributed by atoms with Gasteiger partial charge in [-0.2, -0.15) is 0 Å². The van der Waals surface area contributed by atoms with Crippen molar-refractivity contribution >= 4 is 5.95 Å². The van der Waals surface area contributed by atoms with Crippen LogP contribution < -0.4 is 4.90 Å². The maximum atomic E-state index is 4.29. The van der Waals surface area contributed by atoms with Crippen LogP contribution in [0.2, 0.25) is 0 Å². The summed E-state index contributed by atoms with van der Waals surface area (Å²) in [5.74, 6) is 0.850. The summed E-state index contributed by atoms with van der Waals surface area (Å²) >= 11 is 0. The highest BCUT2D eigenvalue weighted by Crippen LogP contribution is 2.09. The second-order valence-corrected chi connectivity index (χ2v) is 3.98. The van der Waals surface area contributed by atoms with E-state index in [0.29, 0.717) is 0 Å². The minimum Gasteiger partial charge on any atom is -0.339 e. The zero-order valence-corrected chi connectivity index (χ0v) is 9.55. The zero-order valence-electron chi connectivity index (χ0n) is 9.55. The van der Waals surface area contributed by atoms with Crippen LogP contribution in [0.5, 0.6) is 0 Å². The van der Waals surface area contributed by atoms with Gasteiger partial charge >= 0.3 is 0 Å². The van der Waals surface area contributed by atoms with E-state index in [-0.39, 0.29) is 0 Å². The van der Waals surface area contributed by atoms with Crippen LogP contribution in [0, 0.1) is 0 Å². The molecule has 1 fully saturated rings. The monoisotopic (exact) mass is 218 g/mol. The summed E-state index contributed by atoms with van der Waals surface area (Å²) in [5, 5.41) is 0. The maximum Gasteiger partial charge on any atom is 0.225 e. The van der Waals surface area contributed by atoms with Crippen LogP contribution in [0.1, 0.15) is 6.42 Å². The second-order valence-electron chi connectivity index (χ2n) is 3.98. The normalized spacial score (nSPS) is 18.1. The van der Waals surface area contributed by atoms with Gasteiger partial charge in [-0.3, -0.25) is 4.90 Å². The van der Waals surface area contributed by atoms with Gasteiger partial charge in [0.25, 0.3) is 0 Å². The molecule has 86 valence electrons. The van der Waals surface area contributed by atoms with Crippen molar-refractivity contribution in [2.24, 2.45) is 0 Å². The molecule has 4 heteroatoms. The molecule has 0 spiro atoms. The molecule has 2 rings (SSSR count). The highest BCUT2D eigenvalue weighted by Gasteiger charge is 2.15. The van der Waals surface area contributed by atoms with Crippen molar-refractivity contribution in [3.63, 3.8) is 0 Å². The molecule has 0 aliphatic carbocycles. The molecule has 0 amide bonds. The molecule has 0 radical (unpaired) electrons. The van der Waals surface area contributed by atoms with Crippen molar-refractivity contribution in [2.75, 3.05) is 37.6 Å². The quantitative estimate of drug-likeness (QED) is 0.713. The molecule has 0 saturated carbocycles. The van der Waals surface area contributed by atoms with Crippen LogP contribution in [0.25, 0.3) is 0 Å². The maximum absolute atomic E-state index is 4.29. The van der Waals surface area contributed by atoms with Gasteiger partial charge in [-0.25, -0.2) is 9.97 Å². The van der Waals surface area contributed by atoms with E-state index in [1.165, 1.54) is 0 Å². The molecule has 16 heavy (non-hydrogen) atoms. The van der Waals surface area contributed by atoms with Gasteiger partial charge in [-0.15, -0.1) is 6.58 Å². The van der Waals surface area contributed by atoms with Crippen molar-refractivity contribution in [2.45, 2.75) is 6.42 Å². The Balaban J connectivity index is 1.96. The van der Waals surface area contributed by atoms with E-state index in [0.717, 1.165) is 45.1 Å². The molecular weight excluding hydrogens is 200 g/mol. The Morgan fingerprint density at radius 2 is 2.00 bits per heavy atom. The molecule has 0 bridgehead atoms. The van der Waals surface area contributed by atoms with Gasteiger partial charge < -0.3 is 4.90 Å². The van der Waals surface area contributed by atoms with Crippen LogP contribution in [0.15, 0.2) is 31.1 Å². The number of aromatic nitrogens is 2. The third-order valence-corrected chi connectivity index (χ3v) is 2.81. The number of rotatable bonds is 3. The van der Waals surface area contributed by atoms with Crippen LogP contribution in [0.4, 0.5) is 5.95 Å². The fourth-order valence-corrected chi connectivity index (χ4v) is 1.99. The van der Waals surface area contributed by atoms with Gasteiger partial charge in [0, 0.05) is 45.1 Å². The van der Waals surface area contributed by atoms with Crippen LogP contribution in [0.3, 0.4) is 0 Å². The summed E-state index contributed by atoms with van der Waals surface area (Å²) in [5.41, 5.74) is 0. The minimum absolute atomic E-state index is 0.850. The largest absolute Gasteiger partial charge is 0.339 e. The molecule has 1 aromatic rings. The molecule has 1 saturated heterocycles. The Labute approximate surface area is 96.6 Å². The molecule has 1 aliphatic heterocycles. The van der Waals surface area contributed by atoms with E-state index in [2.05, 4.69) is 26.3 Å². The molecule has 0 aromatic carbocycles. The lowest BCUT2D eigenvalue weighted by atomic mass is 10.4. The minimum atomic E-state index is 0.850. The molecule has 1 aromatic heterocycles. The summed E-state index contributed by atoms with van der Waals surface area (Å²) in [6.45, 7) is 8.99.